The summed E-state index contributed by atoms with van der Waals surface area (Å²) in [6.07, 6.45) is 1.85. The van der Waals surface area contributed by atoms with Gasteiger partial charge in [0.15, 0.2) is 0 Å². The molecule has 0 N–H and O–H groups in total. The Kier molecular flexibility index (Phi) is 6.58. The molecule has 0 radical (unpaired) electrons. The van der Waals surface area contributed by atoms with Crippen molar-refractivity contribution in [1.29, 1.82) is 0 Å². The Hall–Kier alpha value is -2.69. The highest BCUT2D eigenvalue weighted by molar-refractivity contribution is 5.79. The number of hydrogen-bond acceptors (Lipinski definition) is 2. The van der Waals surface area contributed by atoms with E-state index in [4.69, 9.17) is 0 Å². The van der Waals surface area contributed by atoms with E-state index in [1.165, 1.54) is 6.07 Å². The van der Waals surface area contributed by atoms with E-state index in [9.17, 15) is 14.0 Å². The van der Waals surface area contributed by atoms with Crippen molar-refractivity contribution >= 4 is 11.8 Å². The summed E-state index contributed by atoms with van der Waals surface area (Å²) < 4.78 is 13.7. The predicted octanol–water partition coefficient (Wildman–Crippen LogP) is 3.06. The topological polar surface area (TPSA) is 40.6 Å². The van der Waals surface area contributed by atoms with Crippen molar-refractivity contribution in [2.75, 3.05) is 26.2 Å². The van der Waals surface area contributed by atoms with E-state index in [-0.39, 0.29) is 17.6 Å². The highest BCUT2D eigenvalue weighted by Gasteiger charge is 2.22. The normalized spacial score (nSPS) is 14.7. The van der Waals surface area contributed by atoms with Crippen LogP contribution in [0.15, 0.2) is 54.6 Å². The molecule has 142 valence electrons. The molecule has 5 heteroatoms. The van der Waals surface area contributed by atoms with Gasteiger partial charge >= 0.3 is 0 Å². The Morgan fingerprint density at radius 3 is 2.15 bits per heavy atom. The molecule has 1 saturated heterocycles. The van der Waals surface area contributed by atoms with Crippen LogP contribution in [0.4, 0.5) is 4.39 Å². The molecule has 1 fully saturated rings. The van der Waals surface area contributed by atoms with Crippen LogP contribution in [0, 0.1) is 5.82 Å². The van der Waals surface area contributed by atoms with Gasteiger partial charge in [0.1, 0.15) is 5.82 Å². The van der Waals surface area contributed by atoms with Crippen molar-refractivity contribution in [3.05, 3.63) is 71.5 Å². The molecule has 0 bridgehead atoms. The molecule has 1 aliphatic rings. The molecule has 2 aromatic rings. The van der Waals surface area contributed by atoms with E-state index in [2.05, 4.69) is 0 Å². The average molecular weight is 368 g/mol. The van der Waals surface area contributed by atoms with Gasteiger partial charge in [-0.25, -0.2) is 4.39 Å². The molecule has 0 aromatic heterocycles. The quantitative estimate of drug-likeness (QED) is 0.814. The SMILES string of the molecule is O=C(CCc1ccccc1F)N1CCCN(C(=O)Cc2ccccc2)CC1. The van der Waals surface area contributed by atoms with Gasteiger partial charge in [-0.1, -0.05) is 48.5 Å². The van der Waals surface area contributed by atoms with E-state index in [1.54, 1.807) is 23.1 Å². The van der Waals surface area contributed by atoms with Crippen LogP contribution in [0.5, 0.6) is 0 Å². The van der Waals surface area contributed by atoms with Crippen molar-refractivity contribution in [3.63, 3.8) is 0 Å². The lowest BCUT2D eigenvalue weighted by Crippen LogP contribution is -2.38. The summed E-state index contributed by atoms with van der Waals surface area (Å²) in [6, 6.07) is 16.3. The second-order valence-corrected chi connectivity index (χ2v) is 6.87. The largest absolute Gasteiger partial charge is 0.341 e. The number of amides is 2. The zero-order valence-corrected chi connectivity index (χ0v) is 15.4. The fourth-order valence-corrected chi connectivity index (χ4v) is 3.40. The molecule has 1 heterocycles. The predicted molar refractivity (Wildman–Crippen MR) is 103 cm³/mol. The maximum Gasteiger partial charge on any atom is 0.227 e. The first-order valence-electron chi connectivity index (χ1n) is 9.46. The van der Waals surface area contributed by atoms with Crippen LogP contribution < -0.4 is 0 Å². The van der Waals surface area contributed by atoms with Crippen LogP contribution >= 0.6 is 0 Å². The molecule has 0 saturated carbocycles. The van der Waals surface area contributed by atoms with Gasteiger partial charge in [0.2, 0.25) is 11.8 Å². The van der Waals surface area contributed by atoms with E-state index >= 15 is 0 Å². The van der Waals surface area contributed by atoms with Gasteiger partial charge in [0.25, 0.3) is 0 Å². The second-order valence-electron chi connectivity index (χ2n) is 6.87. The van der Waals surface area contributed by atoms with E-state index < -0.39 is 0 Å². The van der Waals surface area contributed by atoms with Crippen LogP contribution in [0.25, 0.3) is 0 Å². The summed E-state index contributed by atoms with van der Waals surface area (Å²) in [6.45, 7) is 2.40. The third-order valence-corrected chi connectivity index (χ3v) is 4.97. The average Bonchev–Trinajstić information content (AvgIpc) is 2.94. The van der Waals surface area contributed by atoms with Gasteiger partial charge in [0, 0.05) is 32.6 Å². The number of aryl methyl sites for hydroxylation is 1. The highest BCUT2D eigenvalue weighted by Crippen LogP contribution is 2.12. The van der Waals surface area contributed by atoms with Crippen molar-refractivity contribution in [2.45, 2.75) is 25.7 Å². The molecular weight excluding hydrogens is 343 g/mol. The molecule has 0 atom stereocenters. The summed E-state index contributed by atoms with van der Waals surface area (Å²) in [5.74, 6) is -0.142. The fourth-order valence-electron chi connectivity index (χ4n) is 3.40. The third kappa shape index (κ3) is 5.39. The maximum absolute atomic E-state index is 13.7. The summed E-state index contributed by atoms with van der Waals surface area (Å²) in [5, 5.41) is 0. The highest BCUT2D eigenvalue weighted by atomic mass is 19.1. The van der Waals surface area contributed by atoms with Crippen molar-refractivity contribution in [1.82, 2.24) is 9.80 Å². The zero-order chi connectivity index (χ0) is 19.1. The van der Waals surface area contributed by atoms with Crippen LogP contribution in [0.2, 0.25) is 0 Å². The first-order valence-corrected chi connectivity index (χ1v) is 9.46. The number of carbonyl (C=O) groups is 2. The summed E-state index contributed by atoms with van der Waals surface area (Å²) in [5.41, 5.74) is 1.57. The lowest BCUT2D eigenvalue weighted by atomic mass is 10.1. The van der Waals surface area contributed by atoms with Crippen LogP contribution in [0.3, 0.4) is 0 Å². The minimum atomic E-state index is -0.265. The van der Waals surface area contributed by atoms with Gasteiger partial charge in [-0.3, -0.25) is 9.59 Å². The molecule has 0 spiro atoms. The molecule has 1 aliphatic heterocycles. The molecule has 4 nitrogen and oxygen atoms in total. The smallest absolute Gasteiger partial charge is 0.227 e. The number of carbonyl (C=O) groups excluding carboxylic acids is 2. The van der Waals surface area contributed by atoms with Crippen LogP contribution in [0.1, 0.15) is 24.0 Å². The number of rotatable bonds is 5. The molecule has 2 amide bonds. The van der Waals surface area contributed by atoms with Crippen molar-refractivity contribution < 1.29 is 14.0 Å². The van der Waals surface area contributed by atoms with Gasteiger partial charge in [-0.2, -0.15) is 0 Å². The summed E-state index contributed by atoms with van der Waals surface area (Å²) in [4.78, 5) is 28.7. The molecule has 0 unspecified atom stereocenters. The Balaban J connectivity index is 1.49. The molecule has 2 aromatic carbocycles. The van der Waals surface area contributed by atoms with Gasteiger partial charge in [0.05, 0.1) is 6.42 Å². The third-order valence-electron chi connectivity index (χ3n) is 4.97. The lowest BCUT2D eigenvalue weighted by Gasteiger charge is -2.22. The molecule has 27 heavy (non-hydrogen) atoms. The first kappa shape index (κ1) is 19.1. The van der Waals surface area contributed by atoms with Gasteiger partial charge < -0.3 is 9.80 Å². The first-order chi connectivity index (χ1) is 13.1. The van der Waals surface area contributed by atoms with E-state index in [1.807, 2.05) is 35.2 Å². The number of benzene rings is 2. The fraction of sp³-hybridized carbons (Fsp3) is 0.364. The molecule has 0 aliphatic carbocycles. The Morgan fingerprint density at radius 1 is 0.815 bits per heavy atom. The number of nitrogens with zero attached hydrogens (tertiary/aromatic N) is 2. The van der Waals surface area contributed by atoms with Crippen molar-refractivity contribution in [2.24, 2.45) is 0 Å². The number of halogens is 1. The summed E-state index contributed by atoms with van der Waals surface area (Å²) >= 11 is 0. The van der Waals surface area contributed by atoms with Crippen molar-refractivity contribution in [3.8, 4) is 0 Å². The Morgan fingerprint density at radius 2 is 1.44 bits per heavy atom. The standard InChI is InChI=1S/C22H25FN2O2/c23-20-10-5-4-9-19(20)11-12-21(26)24-13-6-14-25(16-15-24)22(27)17-18-7-2-1-3-8-18/h1-5,7-10H,6,11-17H2. The molecule has 3 rings (SSSR count). The van der Waals surface area contributed by atoms with Gasteiger partial charge in [-0.05, 0) is 30.0 Å². The van der Waals surface area contributed by atoms with E-state index in [0.29, 0.717) is 51.0 Å². The minimum absolute atomic E-state index is 0.0237. The Labute approximate surface area is 159 Å². The minimum Gasteiger partial charge on any atom is -0.341 e. The number of hydrogen-bond donors (Lipinski definition) is 0. The van der Waals surface area contributed by atoms with Crippen LogP contribution in [-0.4, -0.2) is 47.8 Å². The maximum atomic E-state index is 13.7. The monoisotopic (exact) mass is 368 g/mol. The van der Waals surface area contributed by atoms with E-state index in [0.717, 1.165) is 12.0 Å². The lowest BCUT2D eigenvalue weighted by molar-refractivity contribution is -0.133. The zero-order valence-electron chi connectivity index (χ0n) is 15.4. The Bertz CT molecular complexity index is 779. The second kappa shape index (κ2) is 9.31. The molecular formula is C22H25FN2O2. The summed E-state index contributed by atoms with van der Waals surface area (Å²) in [7, 11) is 0. The van der Waals surface area contributed by atoms with Crippen LogP contribution in [-0.2, 0) is 22.4 Å². The van der Waals surface area contributed by atoms with Gasteiger partial charge in [-0.15, -0.1) is 0 Å².